The summed E-state index contributed by atoms with van der Waals surface area (Å²) in [6, 6.07) is 5.67. The van der Waals surface area contributed by atoms with Crippen molar-refractivity contribution in [2.45, 2.75) is 31.0 Å². The average Bonchev–Trinajstić information content (AvgIpc) is 2.38. The third-order valence-electron chi connectivity index (χ3n) is 2.59. The standard InChI is InChI=1S/C14H18BrFN2O2/c1-2-4-12(15)14(20)17-8-7-13(19)18-11-6-3-5-10(16)9-11/h3,5-6,9,12H,2,4,7-8H2,1H3,(H,17,20)(H,18,19)/t12-/m0/s1. The summed E-state index contributed by atoms with van der Waals surface area (Å²) in [6.45, 7) is 2.25. The average molecular weight is 345 g/mol. The van der Waals surface area contributed by atoms with Gasteiger partial charge < -0.3 is 10.6 Å². The fraction of sp³-hybridized carbons (Fsp3) is 0.429. The number of benzene rings is 1. The molecule has 1 aromatic rings. The molecule has 110 valence electrons. The van der Waals surface area contributed by atoms with Crippen LogP contribution in [0.25, 0.3) is 0 Å². The van der Waals surface area contributed by atoms with E-state index in [4.69, 9.17) is 0 Å². The summed E-state index contributed by atoms with van der Waals surface area (Å²) < 4.78 is 12.9. The Labute approximate surface area is 126 Å². The van der Waals surface area contributed by atoms with E-state index in [1.165, 1.54) is 18.2 Å². The largest absolute Gasteiger partial charge is 0.355 e. The quantitative estimate of drug-likeness (QED) is 0.747. The lowest BCUT2D eigenvalue weighted by atomic mass is 10.2. The lowest BCUT2D eigenvalue weighted by Crippen LogP contribution is -2.33. The van der Waals surface area contributed by atoms with Crippen molar-refractivity contribution in [2.24, 2.45) is 0 Å². The third kappa shape index (κ3) is 6.14. The zero-order valence-electron chi connectivity index (χ0n) is 11.3. The summed E-state index contributed by atoms with van der Waals surface area (Å²) in [6.07, 6.45) is 1.80. The monoisotopic (exact) mass is 344 g/mol. The number of hydrogen-bond donors (Lipinski definition) is 2. The molecule has 4 nitrogen and oxygen atoms in total. The molecule has 0 radical (unpaired) electrons. The summed E-state index contributed by atoms with van der Waals surface area (Å²) in [5.41, 5.74) is 0.408. The van der Waals surface area contributed by atoms with Crippen molar-refractivity contribution in [2.75, 3.05) is 11.9 Å². The molecular formula is C14H18BrFN2O2. The summed E-state index contributed by atoms with van der Waals surface area (Å²) in [4.78, 5) is 23.0. The molecule has 0 bridgehead atoms. The van der Waals surface area contributed by atoms with Crippen LogP contribution in [0.1, 0.15) is 26.2 Å². The predicted molar refractivity (Wildman–Crippen MR) is 80.3 cm³/mol. The van der Waals surface area contributed by atoms with Crippen LogP contribution >= 0.6 is 15.9 Å². The van der Waals surface area contributed by atoms with Crippen molar-refractivity contribution in [1.82, 2.24) is 5.32 Å². The second kappa shape index (κ2) is 8.68. The highest BCUT2D eigenvalue weighted by molar-refractivity contribution is 9.10. The molecule has 2 N–H and O–H groups in total. The van der Waals surface area contributed by atoms with E-state index in [0.29, 0.717) is 5.69 Å². The van der Waals surface area contributed by atoms with Crippen LogP contribution in [0.15, 0.2) is 24.3 Å². The Kier molecular flexibility index (Phi) is 7.22. The minimum atomic E-state index is -0.405. The first-order valence-corrected chi connectivity index (χ1v) is 7.41. The van der Waals surface area contributed by atoms with Gasteiger partial charge in [0.05, 0.1) is 4.83 Å². The molecule has 0 saturated heterocycles. The summed E-state index contributed by atoms with van der Waals surface area (Å²) in [5.74, 6) is -0.791. The summed E-state index contributed by atoms with van der Waals surface area (Å²) in [7, 11) is 0. The zero-order valence-corrected chi connectivity index (χ0v) is 12.9. The Bertz CT molecular complexity index is 468. The lowest BCUT2D eigenvalue weighted by molar-refractivity contribution is -0.120. The number of halogens is 2. The Balaban J connectivity index is 2.28. The molecule has 1 atom stereocenters. The molecule has 2 amide bonds. The van der Waals surface area contributed by atoms with Gasteiger partial charge in [0.25, 0.3) is 0 Å². The molecule has 0 spiro atoms. The van der Waals surface area contributed by atoms with Gasteiger partial charge in [0, 0.05) is 18.7 Å². The molecule has 0 fully saturated rings. The fourth-order valence-corrected chi connectivity index (χ4v) is 2.20. The van der Waals surface area contributed by atoms with Gasteiger partial charge in [-0.2, -0.15) is 0 Å². The first kappa shape index (κ1) is 16.6. The molecule has 0 saturated carbocycles. The minimum absolute atomic E-state index is 0.120. The second-order valence-electron chi connectivity index (χ2n) is 4.36. The van der Waals surface area contributed by atoms with Crippen molar-refractivity contribution < 1.29 is 14.0 Å². The Hall–Kier alpha value is -1.43. The van der Waals surface area contributed by atoms with E-state index in [-0.39, 0.29) is 29.6 Å². The van der Waals surface area contributed by atoms with Crippen LogP contribution in [-0.4, -0.2) is 23.2 Å². The van der Waals surface area contributed by atoms with Gasteiger partial charge in [-0.1, -0.05) is 35.3 Å². The second-order valence-corrected chi connectivity index (χ2v) is 5.46. The Morgan fingerprint density at radius 2 is 2.15 bits per heavy atom. The van der Waals surface area contributed by atoms with Crippen molar-refractivity contribution in [3.63, 3.8) is 0 Å². The third-order valence-corrected chi connectivity index (χ3v) is 3.46. The Morgan fingerprint density at radius 1 is 1.40 bits per heavy atom. The first-order chi connectivity index (χ1) is 9.52. The van der Waals surface area contributed by atoms with E-state index in [9.17, 15) is 14.0 Å². The number of carbonyl (C=O) groups excluding carboxylic acids is 2. The van der Waals surface area contributed by atoms with E-state index in [0.717, 1.165) is 12.8 Å². The Morgan fingerprint density at radius 3 is 2.80 bits per heavy atom. The molecule has 0 unspecified atom stereocenters. The van der Waals surface area contributed by atoms with E-state index < -0.39 is 5.82 Å². The van der Waals surface area contributed by atoms with Crippen LogP contribution in [0.3, 0.4) is 0 Å². The van der Waals surface area contributed by atoms with Gasteiger partial charge in [0.2, 0.25) is 11.8 Å². The van der Waals surface area contributed by atoms with Crippen LogP contribution in [0.4, 0.5) is 10.1 Å². The smallest absolute Gasteiger partial charge is 0.233 e. The van der Waals surface area contributed by atoms with Crippen LogP contribution in [-0.2, 0) is 9.59 Å². The number of carbonyl (C=O) groups is 2. The maximum absolute atomic E-state index is 12.9. The number of amides is 2. The van der Waals surface area contributed by atoms with Gasteiger partial charge >= 0.3 is 0 Å². The number of alkyl halides is 1. The van der Waals surface area contributed by atoms with E-state index in [2.05, 4.69) is 26.6 Å². The molecule has 0 aliphatic heterocycles. The fourth-order valence-electron chi connectivity index (χ4n) is 1.58. The van der Waals surface area contributed by atoms with Gasteiger partial charge in [-0.15, -0.1) is 0 Å². The molecule has 0 aliphatic rings. The van der Waals surface area contributed by atoms with Crippen molar-refractivity contribution in [3.05, 3.63) is 30.1 Å². The van der Waals surface area contributed by atoms with Crippen LogP contribution < -0.4 is 10.6 Å². The molecule has 1 aromatic carbocycles. The molecule has 6 heteroatoms. The van der Waals surface area contributed by atoms with E-state index in [1.54, 1.807) is 6.07 Å². The molecule has 0 aromatic heterocycles. The predicted octanol–water partition coefficient (Wildman–Crippen LogP) is 2.83. The summed E-state index contributed by atoms with van der Waals surface area (Å²) in [5, 5.41) is 5.24. The van der Waals surface area contributed by atoms with Gasteiger partial charge in [0.15, 0.2) is 0 Å². The highest BCUT2D eigenvalue weighted by Gasteiger charge is 2.13. The van der Waals surface area contributed by atoms with Gasteiger partial charge in [-0.3, -0.25) is 9.59 Å². The van der Waals surface area contributed by atoms with Crippen LogP contribution in [0.2, 0.25) is 0 Å². The minimum Gasteiger partial charge on any atom is -0.355 e. The maximum Gasteiger partial charge on any atom is 0.233 e. The van der Waals surface area contributed by atoms with Gasteiger partial charge in [0.1, 0.15) is 5.82 Å². The van der Waals surface area contributed by atoms with Gasteiger partial charge in [-0.25, -0.2) is 4.39 Å². The SMILES string of the molecule is CCC[C@H](Br)C(=O)NCCC(=O)Nc1cccc(F)c1. The molecule has 0 aliphatic carbocycles. The number of nitrogens with one attached hydrogen (secondary N) is 2. The van der Waals surface area contributed by atoms with Crippen molar-refractivity contribution in [3.8, 4) is 0 Å². The first-order valence-electron chi connectivity index (χ1n) is 6.50. The van der Waals surface area contributed by atoms with E-state index in [1.807, 2.05) is 6.92 Å². The van der Waals surface area contributed by atoms with Crippen LogP contribution in [0, 0.1) is 5.82 Å². The molecule has 0 heterocycles. The number of rotatable bonds is 7. The highest BCUT2D eigenvalue weighted by atomic mass is 79.9. The maximum atomic E-state index is 12.9. The van der Waals surface area contributed by atoms with Crippen molar-refractivity contribution in [1.29, 1.82) is 0 Å². The zero-order chi connectivity index (χ0) is 15.0. The van der Waals surface area contributed by atoms with E-state index >= 15 is 0 Å². The number of anilines is 1. The normalized spacial score (nSPS) is 11.8. The number of hydrogen-bond acceptors (Lipinski definition) is 2. The van der Waals surface area contributed by atoms with Gasteiger partial charge in [-0.05, 0) is 24.6 Å². The molecule has 1 rings (SSSR count). The topological polar surface area (TPSA) is 58.2 Å². The molecular weight excluding hydrogens is 327 g/mol. The van der Waals surface area contributed by atoms with Crippen molar-refractivity contribution >= 4 is 33.4 Å². The lowest BCUT2D eigenvalue weighted by Gasteiger charge is -2.10. The highest BCUT2D eigenvalue weighted by Crippen LogP contribution is 2.09. The van der Waals surface area contributed by atoms with Crippen LogP contribution in [0.5, 0.6) is 0 Å². The summed E-state index contributed by atoms with van der Waals surface area (Å²) >= 11 is 3.28. The molecule has 20 heavy (non-hydrogen) atoms.